The first-order valence-corrected chi connectivity index (χ1v) is 5.30. The summed E-state index contributed by atoms with van der Waals surface area (Å²) in [7, 11) is 0. The number of hydrogen-bond acceptors (Lipinski definition) is 3. The Morgan fingerprint density at radius 2 is 2.12 bits per heavy atom. The monoisotopic (exact) mass is 227 g/mol. The largest absolute Gasteiger partial charge is 0.491 e. The zero-order chi connectivity index (χ0) is 12.2. The van der Waals surface area contributed by atoms with Gasteiger partial charge < -0.3 is 15.2 Å². The van der Waals surface area contributed by atoms with Crippen molar-refractivity contribution in [3.05, 3.63) is 24.0 Å². The Hall–Kier alpha value is -1.29. The first-order chi connectivity index (χ1) is 7.48. The zero-order valence-electron chi connectivity index (χ0n) is 9.88. The maximum atomic E-state index is 13.5. The number of aliphatic hydroxyl groups is 1. The zero-order valence-corrected chi connectivity index (χ0v) is 9.88. The van der Waals surface area contributed by atoms with Gasteiger partial charge in [0.05, 0.1) is 18.8 Å². The van der Waals surface area contributed by atoms with Crippen LogP contribution in [0.4, 0.5) is 10.1 Å². The first kappa shape index (κ1) is 12.8. The highest BCUT2D eigenvalue weighted by molar-refractivity contribution is 5.48. The van der Waals surface area contributed by atoms with Crippen molar-refractivity contribution < 1.29 is 14.2 Å². The van der Waals surface area contributed by atoms with Crippen molar-refractivity contribution in [3.8, 4) is 5.75 Å². The minimum absolute atomic E-state index is 0.0260. The fraction of sp³-hybridized carbons (Fsp3) is 0.500. The Balaban J connectivity index is 2.81. The molecule has 0 unspecified atom stereocenters. The van der Waals surface area contributed by atoms with Crippen molar-refractivity contribution >= 4 is 5.69 Å². The van der Waals surface area contributed by atoms with Crippen LogP contribution in [0.15, 0.2) is 18.2 Å². The molecule has 0 bridgehead atoms. The molecule has 0 aliphatic heterocycles. The second kappa shape index (κ2) is 5.16. The molecule has 0 aliphatic carbocycles. The number of hydrogen-bond donors (Lipinski definition) is 2. The fourth-order valence-electron chi connectivity index (χ4n) is 1.28. The van der Waals surface area contributed by atoms with E-state index in [2.05, 4.69) is 5.32 Å². The molecule has 0 saturated carbocycles. The van der Waals surface area contributed by atoms with Gasteiger partial charge in [-0.15, -0.1) is 0 Å². The lowest BCUT2D eigenvalue weighted by molar-refractivity contribution is 0.234. The SMILES string of the molecule is CCOc1ccc(NC(C)(C)CO)cc1F. The second-order valence-electron chi connectivity index (χ2n) is 4.25. The molecular formula is C12H18FNO2. The molecule has 0 aromatic heterocycles. The molecule has 4 heteroatoms. The van der Waals surface area contributed by atoms with Gasteiger partial charge in [0, 0.05) is 11.8 Å². The van der Waals surface area contributed by atoms with Crippen molar-refractivity contribution in [1.29, 1.82) is 0 Å². The molecule has 16 heavy (non-hydrogen) atoms. The van der Waals surface area contributed by atoms with Crippen molar-refractivity contribution in [2.45, 2.75) is 26.3 Å². The number of rotatable bonds is 5. The molecule has 2 N–H and O–H groups in total. The Morgan fingerprint density at radius 1 is 1.44 bits per heavy atom. The average molecular weight is 227 g/mol. The van der Waals surface area contributed by atoms with Gasteiger partial charge in [-0.25, -0.2) is 4.39 Å². The highest BCUT2D eigenvalue weighted by Crippen LogP contribution is 2.23. The number of anilines is 1. The van der Waals surface area contributed by atoms with E-state index in [0.29, 0.717) is 12.3 Å². The lowest BCUT2D eigenvalue weighted by atomic mass is 10.1. The van der Waals surface area contributed by atoms with Gasteiger partial charge >= 0.3 is 0 Å². The molecule has 0 fully saturated rings. The number of ether oxygens (including phenoxy) is 1. The first-order valence-electron chi connectivity index (χ1n) is 5.30. The van der Waals surface area contributed by atoms with Crippen LogP contribution in [-0.4, -0.2) is 23.9 Å². The number of halogens is 1. The smallest absolute Gasteiger partial charge is 0.167 e. The van der Waals surface area contributed by atoms with Gasteiger partial charge in [0.25, 0.3) is 0 Å². The summed E-state index contributed by atoms with van der Waals surface area (Å²) in [6.07, 6.45) is 0. The summed E-state index contributed by atoms with van der Waals surface area (Å²) < 4.78 is 18.6. The Kier molecular flexibility index (Phi) is 4.12. The van der Waals surface area contributed by atoms with Gasteiger partial charge in [0.15, 0.2) is 11.6 Å². The summed E-state index contributed by atoms with van der Waals surface area (Å²) in [5.74, 6) is -0.157. The van der Waals surface area contributed by atoms with E-state index in [1.54, 1.807) is 19.1 Å². The summed E-state index contributed by atoms with van der Waals surface area (Å²) >= 11 is 0. The number of aliphatic hydroxyl groups excluding tert-OH is 1. The van der Waals surface area contributed by atoms with E-state index in [-0.39, 0.29) is 12.4 Å². The molecular weight excluding hydrogens is 209 g/mol. The molecule has 1 aromatic carbocycles. The molecule has 0 saturated heterocycles. The van der Waals surface area contributed by atoms with Crippen molar-refractivity contribution in [2.75, 3.05) is 18.5 Å². The molecule has 0 spiro atoms. The van der Waals surface area contributed by atoms with Crippen LogP contribution in [0.2, 0.25) is 0 Å². The molecule has 0 aliphatic rings. The minimum Gasteiger partial charge on any atom is -0.491 e. The van der Waals surface area contributed by atoms with Gasteiger partial charge in [0.2, 0.25) is 0 Å². The second-order valence-corrected chi connectivity index (χ2v) is 4.25. The Bertz CT molecular complexity index is 353. The van der Waals surface area contributed by atoms with Crippen LogP contribution in [0.3, 0.4) is 0 Å². The van der Waals surface area contributed by atoms with Crippen LogP contribution in [0.25, 0.3) is 0 Å². The summed E-state index contributed by atoms with van der Waals surface area (Å²) in [5, 5.41) is 12.1. The Morgan fingerprint density at radius 3 is 2.62 bits per heavy atom. The van der Waals surface area contributed by atoms with Crippen LogP contribution in [0.1, 0.15) is 20.8 Å². The minimum atomic E-state index is -0.473. The quantitative estimate of drug-likeness (QED) is 0.811. The molecule has 1 rings (SSSR count). The van der Waals surface area contributed by atoms with E-state index in [1.165, 1.54) is 6.07 Å². The summed E-state index contributed by atoms with van der Waals surface area (Å²) in [6, 6.07) is 4.67. The molecule has 0 heterocycles. The van der Waals surface area contributed by atoms with E-state index in [0.717, 1.165) is 0 Å². The molecule has 3 nitrogen and oxygen atoms in total. The van der Waals surface area contributed by atoms with Crippen molar-refractivity contribution in [1.82, 2.24) is 0 Å². The topological polar surface area (TPSA) is 41.5 Å². The fourth-order valence-corrected chi connectivity index (χ4v) is 1.28. The van der Waals surface area contributed by atoms with E-state index < -0.39 is 11.4 Å². The standard InChI is InChI=1S/C12H18FNO2/c1-4-16-11-6-5-9(7-10(11)13)14-12(2,3)8-15/h5-7,14-15H,4,8H2,1-3H3. The average Bonchev–Trinajstić information content (AvgIpc) is 2.22. The molecule has 1 aromatic rings. The summed E-state index contributed by atoms with van der Waals surface area (Å²) in [4.78, 5) is 0. The summed E-state index contributed by atoms with van der Waals surface area (Å²) in [5.41, 5.74) is 0.152. The molecule has 0 amide bonds. The molecule has 0 atom stereocenters. The third kappa shape index (κ3) is 3.38. The van der Waals surface area contributed by atoms with Gasteiger partial charge in [-0.2, -0.15) is 0 Å². The van der Waals surface area contributed by atoms with Gasteiger partial charge in [-0.1, -0.05) is 0 Å². The van der Waals surface area contributed by atoms with E-state index in [9.17, 15) is 4.39 Å². The van der Waals surface area contributed by atoms with E-state index in [1.807, 2.05) is 13.8 Å². The lowest BCUT2D eigenvalue weighted by Gasteiger charge is -2.25. The van der Waals surface area contributed by atoms with Crippen molar-refractivity contribution in [2.24, 2.45) is 0 Å². The van der Waals surface area contributed by atoms with Gasteiger partial charge in [-0.3, -0.25) is 0 Å². The number of nitrogens with one attached hydrogen (secondary N) is 1. The summed E-state index contributed by atoms with van der Waals surface area (Å²) in [6.45, 7) is 5.89. The lowest BCUT2D eigenvalue weighted by Crippen LogP contribution is -2.34. The normalized spacial score (nSPS) is 11.3. The van der Waals surface area contributed by atoms with Gasteiger partial charge in [0.1, 0.15) is 0 Å². The third-order valence-electron chi connectivity index (χ3n) is 2.11. The van der Waals surface area contributed by atoms with Crippen LogP contribution >= 0.6 is 0 Å². The molecule has 90 valence electrons. The van der Waals surface area contributed by atoms with Crippen LogP contribution < -0.4 is 10.1 Å². The van der Waals surface area contributed by atoms with Crippen molar-refractivity contribution in [3.63, 3.8) is 0 Å². The highest BCUT2D eigenvalue weighted by atomic mass is 19.1. The number of benzene rings is 1. The Labute approximate surface area is 95.2 Å². The van der Waals surface area contributed by atoms with E-state index in [4.69, 9.17) is 9.84 Å². The van der Waals surface area contributed by atoms with Crippen LogP contribution in [-0.2, 0) is 0 Å². The van der Waals surface area contributed by atoms with Gasteiger partial charge in [-0.05, 0) is 32.9 Å². The third-order valence-corrected chi connectivity index (χ3v) is 2.11. The predicted molar refractivity (Wildman–Crippen MR) is 62.4 cm³/mol. The maximum absolute atomic E-state index is 13.5. The van der Waals surface area contributed by atoms with E-state index >= 15 is 0 Å². The molecule has 0 radical (unpaired) electrons. The van der Waals surface area contributed by atoms with Crippen LogP contribution in [0, 0.1) is 5.82 Å². The maximum Gasteiger partial charge on any atom is 0.167 e. The van der Waals surface area contributed by atoms with Crippen LogP contribution in [0.5, 0.6) is 5.75 Å². The predicted octanol–water partition coefficient (Wildman–Crippen LogP) is 2.41. The highest BCUT2D eigenvalue weighted by Gasteiger charge is 2.16.